The van der Waals surface area contributed by atoms with Crippen molar-refractivity contribution in [1.82, 2.24) is 5.32 Å². The molecule has 1 saturated carbocycles. The Balaban J connectivity index is 1.92. The standard InChI is InChI=1S/C10H18N2O/c1-7-3-4-8(2)9(7)12-10-11-5-6-13-10/h7-9H,3-6H2,1-2H3,(H,11,12). The van der Waals surface area contributed by atoms with Gasteiger partial charge in [0.05, 0.1) is 6.54 Å². The summed E-state index contributed by atoms with van der Waals surface area (Å²) in [6.07, 6.45) is 2.65. The Morgan fingerprint density at radius 3 is 2.54 bits per heavy atom. The molecule has 0 spiro atoms. The summed E-state index contributed by atoms with van der Waals surface area (Å²) in [7, 11) is 0. The zero-order chi connectivity index (χ0) is 9.26. The summed E-state index contributed by atoms with van der Waals surface area (Å²) in [5, 5.41) is 3.41. The van der Waals surface area contributed by atoms with Gasteiger partial charge in [0.15, 0.2) is 0 Å². The molecule has 13 heavy (non-hydrogen) atoms. The third kappa shape index (κ3) is 1.79. The minimum absolute atomic E-state index is 0.567. The maximum Gasteiger partial charge on any atom is 0.285 e. The van der Waals surface area contributed by atoms with Gasteiger partial charge in [-0.3, -0.25) is 0 Å². The van der Waals surface area contributed by atoms with Gasteiger partial charge in [-0.25, -0.2) is 4.99 Å². The van der Waals surface area contributed by atoms with E-state index in [1.807, 2.05) is 0 Å². The van der Waals surface area contributed by atoms with Crippen molar-refractivity contribution in [2.24, 2.45) is 16.8 Å². The topological polar surface area (TPSA) is 33.6 Å². The first-order valence-electron chi connectivity index (χ1n) is 5.21. The smallest absolute Gasteiger partial charge is 0.285 e. The van der Waals surface area contributed by atoms with Crippen molar-refractivity contribution in [1.29, 1.82) is 0 Å². The summed E-state index contributed by atoms with van der Waals surface area (Å²) in [6.45, 7) is 6.17. The Morgan fingerprint density at radius 2 is 2.00 bits per heavy atom. The van der Waals surface area contributed by atoms with Gasteiger partial charge in [0.2, 0.25) is 0 Å². The van der Waals surface area contributed by atoms with Gasteiger partial charge in [-0.2, -0.15) is 0 Å². The monoisotopic (exact) mass is 182 g/mol. The van der Waals surface area contributed by atoms with Gasteiger partial charge in [-0.05, 0) is 24.7 Å². The van der Waals surface area contributed by atoms with Crippen LogP contribution in [0.25, 0.3) is 0 Å². The molecule has 74 valence electrons. The van der Waals surface area contributed by atoms with Crippen molar-refractivity contribution in [3.05, 3.63) is 0 Å². The van der Waals surface area contributed by atoms with Crippen LogP contribution in [0, 0.1) is 11.8 Å². The highest BCUT2D eigenvalue weighted by Gasteiger charge is 2.31. The zero-order valence-corrected chi connectivity index (χ0v) is 8.42. The molecule has 3 nitrogen and oxygen atoms in total. The van der Waals surface area contributed by atoms with Crippen LogP contribution in [-0.4, -0.2) is 25.2 Å². The molecule has 1 fully saturated rings. The Hall–Kier alpha value is -0.730. The normalized spacial score (nSPS) is 38.6. The maximum atomic E-state index is 5.35. The highest BCUT2D eigenvalue weighted by molar-refractivity contribution is 5.75. The number of hydrogen-bond acceptors (Lipinski definition) is 3. The lowest BCUT2D eigenvalue weighted by Gasteiger charge is -2.21. The van der Waals surface area contributed by atoms with E-state index in [4.69, 9.17) is 4.74 Å². The molecule has 1 aliphatic carbocycles. The predicted octanol–water partition coefficient (Wildman–Crippen LogP) is 1.40. The van der Waals surface area contributed by atoms with Gasteiger partial charge >= 0.3 is 0 Å². The second kappa shape index (κ2) is 3.56. The van der Waals surface area contributed by atoms with E-state index < -0.39 is 0 Å². The van der Waals surface area contributed by atoms with E-state index in [-0.39, 0.29) is 0 Å². The van der Waals surface area contributed by atoms with Crippen LogP contribution in [0.4, 0.5) is 0 Å². The summed E-state index contributed by atoms with van der Waals surface area (Å²) in [6, 6.07) is 1.34. The van der Waals surface area contributed by atoms with Crippen molar-refractivity contribution in [3.63, 3.8) is 0 Å². The SMILES string of the molecule is CC1CCC(C)C1NC1=NCCO1. The summed E-state index contributed by atoms with van der Waals surface area (Å²) < 4.78 is 5.35. The minimum Gasteiger partial charge on any atom is -0.463 e. The Kier molecular flexibility index (Phi) is 2.42. The van der Waals surface area contributed by atoms with E-state index >= 15 is 0 Å². The van der Waals surface area contributed by atoms with Crippen LogP contribution >= 0.6 is 0 Å². The number of nitrogens with one attached hydrogen (secondary N) is 1. The van der Waals surface area contributed by atoms with E-state index in [9.17, 15) is 0 Å². The Morgan fingerprint density at radius 1 is 1.31 bits per heavy atom. The molecule has 1 heterocycles. The number of rotatable bonds is 1. The third-order valence-electron chi connectivity index (χ3n) is 3.18. The molecule has 0 amide bonds. The van der Waals surface area contributed by atoms with E-state index in [1.54, 1.807) is 0 Å². The summed E-state index contributed by atoms with van der Waals surface area (Å²) in [5.74, 6) is 1.50. The molecule has 0 saturated heterocycles. The van der Waals surface area contributed by atoms with Crippen LogP contribution in [0.15, 0.2) is 4.99 Å². The van der Waals surface area contributed by atoms with Crippen molar-refractivity contribution in [3.8, 4) is 0 Å². The van der Waals surface area contributed by atoms with Gasteiger partial charge in [0.1, 0.15) is 6.61 Å². The largest absolute Gasteiger partial charge is 0.463 e. The van der Waals surface area contributed by atoms with E-state index in [0.717, 1.165) is 31.0 Å². The fourth-order valence-electron chi connectivity index (χ4n) is 2.30. The van der Waals surface area contributed by atoms with E-state index in [2.05, 4.69) is 24.2 Å². The summed E-state index contributed by atoms with van der Waals surface area (Å²) in [4.78, 5) is 4.25. The van der Waals surface area contributed by atoms with Crippen LogP contribution < -0.4 is 5.32 Å². The first kappa shape index (κ1) is 8.85. The number of amidine groups is 1. The molecule has 1 N–H and O–H groups in total. The van der Waals surface area contributed by atoms with Crippen molar-refractivity contribution in [2.75, 3.05) is 13.2 Å². The molecular weight excluding hydrogens is 164 g/mol. The maximum absolute atomic E-state index is 5.35. The second-order valence-electron chi connectivity index (χ2n) is 4.24. The summed E-state index contributed by atoms with van der Waals surface area (Å²) in [5.41, 5.74) is 0. The van der Waals surface area contributed by atoms with Gasteiger partial charge < -0.3 is 10.1 Å². The van der Waals surface area contributed by atoms with Crippen molar-refractivity contribution in [2.45, 2.75) is 32.7 Å². The molecule has 1 aliphatic heterocycles. The van der Waals surface area contributed by atoms with Gasteiger partial charge in [-0.1, -0.05) is 13.8 Å². The second-order valence-corrected chi connectivity index (χ2v) is 4.24. The molecule has 0 aromatic heterocycles. The third-order valence-corrected chi connectivity index (χ3v) is 3.18. The molecule has 2 rings (SSSR count). The Labute approximate surface area is 79.6 Å². The van der Waals surface area contributed by atoms with Crippen LogP contribution in [0.2, 0.25) is 0 Å². The lowest BCUT2D eigenvalue weighted by atomic mass is 10.0. The van der Waals surface area contributed by atoms with Crippen molar-refractivity contribution < 1.29 is 4.74 Å². The lowest BCUT2D eigenvalue weighted by Crippen LogP contribution is -2.40. The van der Waals surface area contributed by atoms with Gasteiger partial charge in [0, 0.05) is 6.04 Å². The Bertz CT molecular complexity index is 205. The number of hydrogen-bond donors (Lipinski definition) is 1. The predicted molar refractivity (Wildman–Crippen MR) is 52.7 cm³/mol. The van der Waals surface area contributed by atoms with Crippen LogP contribution in [0.5, 0.6) is 0 Å². The van der Waals surface area contributed by atoms with E-state index in [1.165, 1.54) is 12.8 Å². The first-order chi connectivity index (χ1) is 6.27. The summed E-state index contributed by atoms with van der Waals surface area (Å²) >= 11 is 0. The first-order valence-corrected chi connectivity index (χ1v) is 5.21. The fourth-order valence-corrected chi connectivity index (χ4v) is 2.30. The minimum atomic E-state index is 0.567. The molecule has 0 bridgehead atoms. The molecule has 2 unspecified atom stereocenters. The van der Waals surface area contributed by atoms with Crippen LogP contribution in [0.1, 0.15) is 26.7 Å². The molecular formula is C10H18N2O. The number of ether oxygens (including phenoxy) is 1. The average molecular weight is 182 g/mol. The number of nitrogens with zero attached hydrogens (tertiary/aromatic N) is 1. The van der Waals surface area contributed by atoms with Crippen LogP contribution in [0.3, 0.4) is 0 Å². The van der Waals surface area contributed by atoms with E-state index in [0.29, 0.717) is 6.04 Å². The quantitative estimate of drug-likeness (QED) is 0.665. The fraction of sp³-hybridized carbons (Fsp3) is 0.900. The van der Waals surface area contributed by atoms with Crippen LogP contribution in [-0.2, 0) is 4.74 Å². The highest BCUT2D eigenvalue weighted by Crippen LogP contribution is 2.30. The molecule has 0 aromatic rings. The zero-order valence-electron chi connectivity index (χ0n) is 8.42. The lowest BCUT2D eigenvalue weighted by molar-refractivity contribution is 0.307. The molecule has 0 aromatic carbocycles. The molecule has 2 atom stereocenters. The number of aliphatic imine (C=N–C) groups is 1. The average Bonchev–Trinajstić information content (AvgIpc) is 2.70. The molecule has 3 heteroatoms. The molecule has 2 aliphatic rings. The highest BCUT2D eigenvalue weighted by atomic mass is 16.5. The van der Waals surface area contributed by atoms with Crippen molar-refractivity contribution >= 4 is 6.02 Å². The molecule has 0 radical (unpaired) electrons. The van der Waals surface area contributed by atoms with Gasteiger partial charge in [-0.15, -0.1) is 0 Å². The van der Waals surface area contributed by atoms with Gasteiger partial charge in [0.25, 0.3) is 6.02 Å².